The number of nitrogens with zero attached hydrogens (tertiary/aromatic N) is 1. The van der Waals surface area contributed by atoms with Gasteiger partial charge in [0, 0.05) is 0 Å². The molecule has 0 heterocycles. The maximum Gasteiger partial charge on any atom is 0.120 e. The van der Waals surface area contributed by atoms with E-state index < -0.39 is 12.1 Å². The van der Waals surface area contributed by atoms with Gasteiger partial charge in [-0.2, -0.15) is 4.91 Å². The fourth-order valence-corrected chi connectivity index (χ4v) is 0.585. The summed E-state index contributed by atoms with van der Waals surface area (Å²) < 4.78 is 4.40. The highest BCUT2D eigenvalue weighted by molar-refractivity contribution is 7.75. The minimum Gasteiger partial charge on any atom is -0.394 e. The molecule has 0 aliphatic carbocycles. The molecule has 0 aromatic heterocycles. The Hall–Kier alpha value is -0.130. The van der Waals surface area contributed by atoms with Gasteiger partial charge in [-0.1, -0.05) is 5.18 Å². The van der Waals surface area contributed by atoms with E-state index in [1.165, 1.54) is 0 Å². The molecule has 5 heteroatoms. The molecule has 0 saturated carbocycles. The van der Waals surface area contributed by atoms with Crippen LogP contribution in [0.25, 0.3) is 0 Å². The smallest absolute Gasteiger partial charge is 0.120 e. The third kappa shape index (κ3) is 2.78. The van der Waals surface area contributed by atoms with E-state index in [0.717, 1.165) is 0 Å². The third-order valence-electron chi connectivity index (χ3n) is 1.02. The molecule has 0 spiro atoms. The van der Waals surface area contributed by atoms with Gasteiger partial charge in [0.1, 0.15) is 12.1 Å². The molecule has 0 bridgehead atoms. The molecule has 0 aromatic carbocycles. The number of thiol groups is 1. The predicted molar refractivity (Wildman–Crippen MR) is 36.2 cm³/mol. The molecule has 0 rings (SSSR count). The van der Waals surface area contributed by atoms with Crippen LogP contribution in [-0.2, 0) is 4.18 Å². The summed E-state index contributed by atoms with van der Waals surface area (Å²) in [7, 11) is 0. The van der Waals surface area contributed by atoms with Crippen LogP contribution in [0.3, 0.4) is 0 Å². The van der Waals surface area contributed by atoms with E-state index in [9.17, 15) is 4.91 Å². The van der Waals surface area contributed by atoms with Crippen LogP contribution in [0.1, 0.15) is 6.92 Å². The Labute approximate surface area is 58.8 Å². The summed E-state index contributed by atoms with van der Waals surface area (Å²) in [6, 6.07) is -0.549. The van der Waals surface area contributed by atoms with E-state index in [0.29, 0.717) is 0 Å². The maximum atomic E-state index is 9.79. The lowest BCUT2D eigenvalue weighted by Gasteiger charge is -2.11. The molecule has 0 aromatic rings. The van der Waals surface area contributed by atoms with Gasteiger partial charge in [0.2, 0.25) is 0 Å². The fraction of sp³-hybridized carbons (Fsp3) is 1.00. The van der Waals surface area contributed by atoms with Crippen molar-refractivity contribution in [2.75, 3.05) is 6.61 Å². The van der Waals surface area contributed by atoms with Crippen molar-refractivity contribution in [1.82, 2.24) is 0 Å². The quantitative estimate of drug-likeness (QED) is 0.346. The highest BCUT2D eigenvalue weighted by Crippen LogP contribution is 2.03. The zero-order chi connectivity index (χ0) is 7.28. The summed E-state index contributed by atoms with van der Waals surface area (Å²) in [5.74, 6) is 0. The van der Waals surface area contributed by atoms with Gasteiger partial charge in [-0.05, 0) is 19.8 Å². The topological polar surface area (TPSA) is 58.9 Å². The van der Waals surface area contributed by atoms with Crippen LogP contribution in [0, 0.1) is 4.91 Å². The van der Waals surface area contributed by atoms with Gasteiger partial charge >= 0.3 is 0 Å². The first kappa shape index (κ1) is 8.87. The summed E-state index contributed by atoms with van der Waals surface area (Å²) in [4.78, 5) is 9.79. The molecule has 0 amide bonds. The minimum atomic E-state index is -0.592. The van der Waals surface area contributed by atoms with Crippen LogP contribution in [0.5, 0.6) is 0 Å². The highest BCUT2D eigenvalue weighted by Gasteiger charge is 2.15. The lowest BCUT2D eigenvalue weighted by molar-refractivity contribution is 0.121. The standard InChI is InChI=1S/C4H9NO3S/c1-3(5-7)4(2-6)8-9/h3-4,6,9H,2H2,1H3. The van der Waals surface area contributed by atoms with E-state index in [1.807, 2.05) is 0 Å². The van der Waals surface area contributed by atoms with Gasteiger partial charge in [0.25, 0.3) is 0 Å². The maximum absolute atomic E-state index is 9.79. The van der Waals surface area contributed by atoms with E-state index >= 15 is 0 Å². The molecule has 1 N–H and O–H groups in total. The Bertz CT molecular complexity index is 85.9. The Morgan fingerprint density at radius 3 is 2.56 bits per heavy atom. The molecule has 54 valence electrons. The largest absolute Gasteiger partial charge is 0.394 e. The number of hydrogen-bond acceptors (Lipinski definition) is 5. The van der Waals surface area contributed by atoms with Crippen molar-refractivity contribution in [3.63, 3.8) is 0 Å². The molecular weight excluding hydrogens is 142 g/mol. The van der Waals surface area contributed by atoms with Crippen molar-refractivity contribution in [3.8, 4) is 0 Å². The molecule has 0 saturated heterocycles. The number of rotatable bonds is 4. The Morgan fingerprint density at radius 2 is 2.44 bits per heavy atom. The summed E-state index contributed by atoms with van der Waals surface area (Å²) in [5, 5.41) is 11.1. The number of hydrogen-bond donors (Lipinski definition) is 2. The molecule has 9 heavy (non-hydrogen) atoms. The van der Waals surface area contributed by atoms with Crippen LogP contribution < -0.4 is 0 Å². The van der Waals surface area contributed by atoms with Crippen molar-refractivity contribution < 1.29 is 9.29 Å². The van der Waals surface area contributed by atoms with Gasteiger partial charge in [0.05, 0.1) is 6.61 Å². The fourth-order valence-electron chi connectivity index (χ4n) is 0.342. The molecule has 0 fully saturated rings. The second-order valence-corrected chi connectivity index (χ2v) is 1.88. The second-order valence-electron chi connectivity index (χ2n) is 1.67. The molecule has 2 unspecified atom stereocenters. The second kappa shape index (κ2) is 4.72. The van der Waals surface area contributed by atoms with Crippen LogP contribution in [0.2, 0.25) is 0 Å². The molecular formula is C4H9NO3S. The first-order valence-corrected chi connectivity index (χ1v) is 2.86. The monoisotopic (exact) mass is 151 g/mol. The lowest BCUT2D eigenvalue weighted by Crippen LogP contribution is -2.25. The minimum absolute atomic E-state index is 0.240. The van der Waals surface area contributed by atoms with Crippen LogP contribution in [-0.4, -0.2) is 23.9 Å². The normalized spacial score (nSPS) is 16.8. The van der Waals surface area contributed by atoms with Gasteiger partial charge < -0.3 is 9.29 Å². The molecule has 0 radical (unpaired) electrons. The van der Waals surface area contributed by atoms with Gasteiger partial charge in [-0.25, -0.2) is 0 Å². The van der Waals surface area contributed by atoms with Crippen molar-refractivity contribution in [2.45, 2.75) is 19.1 Å². The zero-order valence-corrected chi connectivity index (χ0v) is 5.91. The van der Waals surface area contributed by atoms with Crippen LogP contribution in [0.15, 0.2) is 5.18 Å². The summed E-state index contributed by atoms with van der Waals surface area (Å²) in [5.41, 5.74) is 0. The Kier molecular flexibility index (Phi) is 4.65. The SMILES string of the molecule is CC(N=O)C(CO)OS. The van der Waals surface area contributed by atoms with Crippen molar-refractivity contribution in [1.29, 1.82) is 0 Å². The summed E-state index contributed by atoms with van der Waals surface area (Å²) in [6.45, 7) is 1.31. The van der Waals surface area contributed by atoms with Crippen molar-refractivity contribution in [3.05, 3.63) is 4.91 Å². The molecule has 0 aliphatic rings. The van der Waals surface area contributed by atoms with E-state index in [4.69, 9.17) is 5.11 Å². The molecule has 0 aliphatic heterocycles. The van der Waals surface area contributed by atoms with Crippen molar-refractivity contribution in [2.24, 2.45) is 5.18 Å². The Balaban J connectivity index is 3.63. The Morgan fingerprint density at radius 1 is 1.89 bits per heavy atom. The molecule has 2 atom stereocenters. The van der Waals surface area contributed by atoms with Gasteiger partial charge in [-0.15, -0.1) is 0 Å². The summed E-state index contributed by atoms with van der Waals surface area (Å²) in [6.07, 6.45) is -0.592. The first-order valence-electron chi connectivity index (χ1n) is 2.49. The van der Waals surface area contributed by atoms with Gasteiger partial charge in [-0.3, -0.25) is 0 Å². The zero-order valence-electron chi connectivity index (χ0n) is 5.02. The average molecular weight is 151 g/mol. The van der Waals surface area contributed by atoms with E-state index in [2.05, 4.69) is 22.3 Å². The highest BCUT2D eigenvalue weighted by atomic mass is 32.1. The van der Waals surface area contributed by atoms with Gasteiger partial charge in [0.15, 0.2) is 0 Å². The average Bonchev–Trinajstić information content (AvgIpc) is 1.90. The predicted octanol–water partition coefficient (Wildman–Crippen LogP) is 0.364. The number of aliphatic hydroxyl groups excluding tert-OH is 1. The van der Waals surface area contributed by atoms with E-state index in [-0.39, 0.29) is 6.61 Å². The van der Waals surface area contributed by atoms with Crippen molar-refractivity contribution >= 4 is 12.9 Å². The molecule has 4 nitrogen and oxygen atoms in total. The van der Waals surface area contributed by atoms with Crippen LogP contribution in [0.4, 0.5) is 0 Å². The number of nitroso groups, excluding NO2 is 1. The van der Waals surface area contributed by atoms with E-state index in [1.54, 1.807) is 6.92 Å². The summed E-state index contributed by atoms with van der Waals surface area (Å²) >= 11 is 3.43. The third-order valence-corrected chi connectivity index (χ3v) is 1.29. The number of aliphatic hydroxyl groups is 1. The van der Waals surface area contributed by atoms with Crippen LogP contribution >= 0.6 is 12.9 Å². The lowest BCUT2D eigenvalue weighted by atomic mass is 10.2. The first-order chi connectivity index (χ1) is 4.26.